The summed E-state index contributed by atoms with van der Waals surface area (Å²) in [6.45, 7) is 3.96. The third-order valence-corrected chi connectivity index (χ3v) is 4.58. The Kier molecular flexibility index (Phi) is 3.89. The third-order valence-electron chi connectivity index (χ3n) is 2.97. The molecule has 1 aromatic carbocycles. The summed E-state index contributed by atoms with van der Waals surface area (Å²) >= 11 is 2.08. The maximum atomic E-state index is 12.2. The van der Waals surface area contributed by atoms with Gasteiger partial charge in [-0.2, -0.15) is 0 Å². The highest BCUT2D eigenvalue weighted by Crippen LogP contribution is 2.34. The number of rotatable bonds is 1. The molecule has 2 atom stereocenters. The normalized spacial score (nSPS) is 22.6. The van der Waals surface area contributed by atoms with Crippen molar-refractivity contribution in [3.63, 3.8) is 0 Å². The Morgan fingerprint density at radius 3 is 2.78 bits per heavy atom. The van der Waals surface area contributed by atoms with Crippen LogP contribution in [0.1, 0.15) is 24.2 Å². The molecule has 0 aromatic heterocycles. The van der Waals surface area contributed by atoms with Crippen molar-refractivity contribution >= 4 is 40.2 Å². The van der Waals surface area contributed by atoms with E-state index in [9.17, 15) is 9.59 Å². The van der Waals surface area contributed by atoms with E-state index in [1.807, 2.05) is 13.0 Å². The van der Waals surface area contributed by atoms with E-state index in [2.05, 4.69) is 22.6 Å². The van der Waals surface area contributed by atoms with E-state index in [1.165, 1.54) is 0 Å². The highest BCUT2D eigenvalue weighted by atomic mass is 127. The standard InChI is InChI=1S/C13H14INO3/c1-3-18-13(17)15-8(2)11(14)12(16)9-6-4-5-7-10(9)15/h4-8,11H,3H2,1-2H3/t8-,11-/m1/s1. The Hall–Kier alpha value is -1.11. The second-order valence-electron chi connectivity index (χ2n) is 4.09. The SMILES string of the molecule is CCOC(=O)N1c2ccccc2C(=O)[C@H](I)[C@H]1C. The van der Waals surface area contributed by atoms with Gasteiger partial charge in [0.15, 0.2) is 5.78 Å². The monoisotopic (exact) mass is 359 g/mol. The Labute approximate surface area is 119 Å². The number of anilines is 1. The number of carbonyl (C=O) groups excluding carboxylic acids is 2. The molecule has 96 valence electrons. The van der Waals surface area contributed by atoms with E-state index < -0.39 is 6.09 Å². The lowest BCUT2D eigenvalue weighted by Crippen LogP contribution is -2.50. The first kappa shape index (κ1) is 13.3. The van der Waals surface area contributed by atoms with E-state index in [-0.39, 0.29) is 15.7 Å². The number of para-hydroxylation sites is 1. The maximum absolute atomic E-state index is 12.2. The quantitative estimate of drug-likeness (QED) is 0.572. The average Bonchev–Trinajstić information content (AvgIpc) is 2.37. The number of ether oxygens (including phenoxy) is 1. The van der Waals surface area contributed by atoms with Crippen molar-refractivity contribution < 1.29 is 14.3 Å². The molecule has 1 heterocycles. The topological polar surface area (TPSA) is 46.6 Å². The Bertz CT molecular complexity index is 489. The Morgan fingerprint density at radius 2 is 2.11 bits per heavy atom. The number of alkyl halides is 1. The summed E-state index contributed by atoms with van der Waals surface area (Å²) in [5.41, 5.74) is 1.23. The number of carbonyl (C=O) groups is 2. The fourth-order valence-electron chi connectivity index (χ4n) is 2.07. The van der Waals surface area contributed by atoms with Gasteiger partial charge in [0.05, 0.1) is 22.3 Å². The smallest absolute Gasteiger partial charge is 0.414 e. The van der Waals surface area contributed by atoms with Crippen LogP contribution in [0, 0.1) is 0 Å². The molecule has 0 spiro atoms. The number of Topliss-reactive ketones (excluding diaryl/α,β-unsaturated/α-hetero) is 1. The van der Waals surface area contributed by atoms with Gasteiger partial charge in [-0.05, 0) is 26.0 Å². The molecule has 0 radical (unpaired) electrons. The van der Waals surface area contributed by atoms with Crippen LogP contribution >= 0.6 is 22.6 Å². The molecule has 0 fully saturated rings. The first-order valence-corrected chi connectivity index (χ1v) is 7.05. The Balaban J connectivity index is 2.49. The molecule has 0 saturated carbocycles. The molecule has 1 amide bonds. The van der Waals surface area contributed by atoms with Gasteiger partial charge in [0, 0.05) is 5.56 Å². The van der Waals surface area contributed by atoms with E-state index in [1.54, 1.807) is 30.0 Å². The van der Waals surface area contributed by atoms with E-state index >= 15 is 0 Å². The molecule has 0 N–H and O–H groups in total. The van der Waals surface area contributed by atoms with Crippen molar-refractivity contribution in [2.75, 3.05) is 11.5 Å². The van der Waals surface area contributed by atoms with Crippen LogP contribution in [0.2, 0.25) is 0 Å². The predicted octanol–water partition coefficient (Wildman–Crippen LogP) is 3.04. The van der Waals surface area contributed by atoms with Crippen LogP contribution in [0.5, 0.6) is 0 Å². The predicted molar refractivity (Wildman–Crippen MR) is 77.5 cm³/mol. The number of halogens is 1. The second-order valence-corrected chi connectivity index (χ2v) is 5.43. The molecular weight excluding hydrogens is 345 g/mol. The molecule has 18 heavy (non-hydrogen) atoms. The van der Waals surface area contributed by atoms with Gasteiger partial charge in [0.1, 0.15) is 0 Å². The number of fused-ring (bicyclic) bond motifs is 1. The third kappa shape index (κ3) is 2.11. The van der Waals surface area contributed by atoms with Gasteiger partial charge >= 0.3 is 6.09 Å². The molecule has 4 nitrogen and oxygen atoms in total. The summed E-state index contributed by atoms with van der Waals surface area (Å²) < 4.78 is 4.82. The molecule has 0 aliphatic carbocycles. The van der Waals surface area contributed by atoms with Gasteiger partial charge in [-0.15, -0.1) is 0 Å². The molecule has 1 aliphatic heterocycles. The summed E-state index contributed by atoms with van der Waals surface area (Å²) in [5.74, 6) is 0.0687. The van der Waals surface area contributed by atoms with Crippen LogP contribution in [0.25, 0.3) is 0 Å². The van der Waals surface area contributed by atoms with Crippen molar-refractivity contribution in [1.82, 2.24) is 0 Å². The summed E-state index contributed by atoms with van der Waals surface area (Å²) in [7, 11) is 0. The van der Waals surface area contributed by atoms with Crippen LogP contribution in [-0.4, -0.2) is 28.4 Å². The largest absolute Gasteiger partial charge is 0.449 e. The summed E-state index contributed by atoms with van der Waals surface area (Å²) in [4.78, 5) is 25.7. The molecule has 2 rings (SSSR count). The first-order valence-electron chi connectivity index (χ1n) is 5.81. The van der Waals surface area contributed by atoms with Crippen LogP contribution in [0.15, 0.2) is 24.3 Å². The minimum Gasteiger partial charge on any atom is -0.449 e. The highest BCUT2D eigenvalue weighted by molar-refractivity contribution is 14.1. The van der Waals surface area contributed by atoms with Crippen LogP contribution in [0.4, 0.5) is 10.5 Å². The van der Waals surface area contributed by atoms with E-state index in [0.29, 0.717) is 17.9 Å². The zero-order valence-corrected chi connectivity index (χ0v) is 12.4. The van der Waals surface area contributed by atoms with Crippen LogP contribution in [-0.2, 0) is 4.74 Å². The zero-order valence-electron chi connectivity index (χ0n) is 10.2. The first-order chi connectivity index (χ1) is 8.57. The summed E-state index contributed by atoms with van der Waals surface area (Å²) in [6, 6.07) is 6.95. The summed E-state index contributed by atoms with van der Waals surface area (Å²) in [6.07, 6.45) is -0.397. The van der Waals surface area contributed by atoms with Crippen molar-refractivity contribution in [1.29, 1.82) is 0 Å². The molecule has 0 bridgehead atoms. The average molecular weight is 359 g/mol. The van der Waals surface area contributed by atoms with Gasteiger partial charge in [-0.1, -0.05) is 34.7 Å². The zero-order chi connectivity index (χ0) is 13.3. The molecule has 1 aliphatic rings. The fraction of sp³-hybridized carbons (Fsp3) is 0.385. The van der Waals surface area contributed by atoms with Crippen molar-refractivity contribution in [3.05, 3.63) is 29.8 Å². The van der Waals surface area contributed by atoms with Gasteiger partial charge in [-0.25, -0.2) is 4.79 Å². The van der Waals surface area contributed by atoms with Gasteiger partial charge in [0.25, 0.3) is 0 Å². The van der Waals surface area contributed by atoms with E-state index in [0.717, 1.165) is 0 Å². The maximum Gasteiger partial charge on any atom is 0.414 e. The van der Waals surface area contributed by atoms with Crippen LogP contribution < -0.4 is 4.90 Å². The number of amides is 1. The Morgan fingerprint density at radius 1 is 1.44 bits per heavy atom. The van der Waals surface area contributed by atoms with Gasteiger partial charge in [0.2, 0.25) is 0 Å². The number of ketones is 1. The molecule has 0 saturated heterocycles. The van der Waals surface area contributed by atoms with Crippen molar-refractivity contribution in [2.45, 2.75) is 23.8 Å². The number of nitrogens with zero attached hydrogens (tertiary/aromatic N) is 1. The number of hydrogen-bond donors (Lipinski definition) is 0. The van der Waals surface area contributed by atoms with E-state index in [4.69, 9.17) is 4.74 Å². The lowest BCUT2D eigenvalue weighted by molar-refractivity contribution is 0.0979. The molecule has 1 aromatic rings. The highest BCUT2D eigenvalue weighted by Gasteiger charge is 2.39. The van der Waals surface area contributed by atoms with Gasteiger partial charge < -0.3 is 4.74 Å². The molecule has 5 heteroatoms. The number of hydrogen-bond acceptors (Lipinski definition) is 3. The lowest BCUT2D eigenvalue weighted by atomic mass is 9.96. The van der Waals surface area contributed by atoms with Gasteiger partial charge in [-0.3, -0.25) is 9.69 Å². The minimum absolute atomic E-state index is 0.0687. The van der Waals surface area contributed by atoms with Crippen molar-refractivity contribution in [3.8, 4) is 0 Å². The molecular formula is C13H14INO3. The summed E-state index contributed by atoms with van der Waals surface area (Å²) in [5, 5.41) is 0. The van der Waals surface area contributed by atoms with Crippen molar-refractivity contribution in [2.24, 2.45) is 0 Å². The second kappa shape index (κ2) is 5.26. The van der Waals surface area contributed by atoms with Crippen LogP contribution in [0.3, 0.4) is 0 Å². The number of benzene rings is 1. The fourth-order valence-corrected chi connectivity index (χ4v) is 2.72. The minimum atomic E-state index is -0.397. The lowest BCUT2D eigenvalue weighted by Gasteiger charge is -2.36. The molecule has 0 unspecified atom stereocenters.